The molecule has 0 fully saturated rings. The van der Waals surface area contributed by atoms with Gasteiger partial charge in [-0.3, -0.25) is 14.5 Å². The highest BCUT2D eigenvalue weighted by Gasteiger charge is 2.43. The van der Waals surface area contributed by atoms with E-state index in [9.17, 15) is 9.59 Å². The number of amides is 2. The summed E-state index contributed by atoms with van der Waals surface area (Å²) in [4.78, 5) is 27.4. The Labute approximate surface area is 191 Å². The number of rotatable bonds is 7. The fourth-order valence-electron chi connectivity index (χ4n) is 3.70. The van der Waals surface area contributed by atoms with Gasteiger partial charge in [-0.05, 0) is 66.9 Å². The molecule has 1 aliphatic heterocycles. The van der Waals surface area contributed by atoms with Gasteiger partial charge in [0.15, 0.2) is 0 Å². The molecule has 0 unspecified atom stereocenters. The molecule has 3 aromatic rings. The lowest BCUT2D eigenvalue weighted by molar-refractivity contribution is -0.125. The highest BCUT2D eigenvalue weighted by molar-refractivity contribution is 7.99. The maximum absolute atomic E-state index is 13.3. The van der Waals surface area contributed by atoms with Gasteiger partial charge in [0.1, 0.15) is 5.54 Å². The van der Waals surface area contributed by atoms with Crippen LogP contribution in [0.4, 0.5) is 11.4 Å². The van der Waals surface area contributed by atoms with Crippen LogP contribution in [0.1, 0.15) is 39.2 Å². The van der Waals surface area contributed by atoms with Crippen molar-refractivity contribution in [3.8, 4) is 5.69 Å². The summed E-state index contributed by atoms with van der Waals surface area (Å²) >= 11 is 1.25. The molecular weight excluding hydrogens is 424 g/mol. The third kappa shape index (κ3) is 4.25. The summed E-state index contributed by atoms with van der Waals surface area (Å²) in [7, 11) is 0. The number of aromatic nitrogens is 4. The lowest BCUT2D eigenvalue weighted by Gasteiger charge is -2.42. The number of thioether (sulfide) groups is 1. The largest absolute Gasteiger partial charge is 0.322 e. The van der Waals surface area contributed by atoms with Crippen LogP contribution in [0, 0.1) is 0 Å². The molecule has 0 atom stereocenters. The Morgan fingerprint density at radius 1 is 1.12 bits per heavy atom. The zero-order valence-electron chi connectivity index (χ0n) is 18.4. The molecule has 166 valence electrons. The van der Waals surface area contributed by atoms with E-state index in [-0.39, 0.29) is 17.6 Å². The fourth-order valence-corrected chi connectivity index (χ4v) is 4.45. The number of tetrazole rings is 1. The van der Waals surface area contributed by atoms with Crippen LogP contribution in [0.25, 0.3) is 5.69 Å². The van der Waals surface area contributed by atoms with Crippen LogP contribution in [0.2, 0.25) is 0 Å². The number of hydrogen-bond donors (Lipinski definition) is 1. The van der Waals surface area contributed by atoms with Gasteiger partial charge in [0.05, 0.1) is 22.8 Å². The first-order valence-electron chi connectivity index (χ1n) is 10.7. The molecule has 4 rings (SSSR count). The second-order valence-electron chi connectivity index (χ2n) is 8.19. The maximum Gasteiger partial charge on any atom is 0.250 e. The number of anilines is 2. The molecule has 0 saturated carbocycles. The molecule has 0 saturated heterocycles. The van der Waals surface area contributed by atoms with Gasteiger partial charge in [0, 0.05) is 0 Å². The Bertz CT molecular complexity index is 1130. The summed E-state index contributed by atoms with van der Waals surface area (Å²) in [6.45, 7) is 5.66. The summed E-state index contributed by atoms with van der Waals surface area (Å²) in [5.41, 5.74) is 2.42. The number of para-hydroxylation sites is 2. The predicted molar refractivity (Wildman–Crippen MR) is 125 cm³/mol. The van der Waals surface area contributed by atoms with Crippen molar-refractivity contribution in [1.29, 1.82) is 0 Å². The standard InChI is InChI=1S/C23H26N6O2S/c1-4-5-8-16-11-13-17(14-12-16)29-22(25-26-27-29)32-15-20(30)28-19-10-7-6-9-18(19)24-21(31)23(28,2)3/h6-7,9-14H,4-5,8,15H2,1-3H3,(H,24,31). The molecule has 1 N–H and O–H groups in total. The quantitative estimate of drug-likeness (QED) is 0.550. The minimum atomic E-state index is -1.01. The molecule has 0 bridgehead atoms. The van der Waals surface area contributed by atoms with E-state index < -0.39 is 5.54 Å². The average molecular weight is 451 g/mol. The van der Waals surface area contributed by atoms with Gasteiger partial charge >= 0.3 is 0 Å². The number of carbonyl (C=O) groups is 2. The van der Waals surface area contributed by atoms with Gasteiger partial charge in [-0.25, -0.2) is 0 Å². The van der Waals surface area contributed by atoms with Crippen LogP contribution < -0.4 is 10.2 Å². The van der Waals surface area contributed by atoms with Crippen molar-refractivity contribution >= 4 is 35.0 Å². The van der Waals surface area contributed by atoms with Crippen molar-refractivity contribution in [3.05, 3.63) is 54.1 Å². The highest BCUT2D eigenvalue weighted by Crippen LogP contribution is 2.37. The number of hydrogen-bond acceptors (Lipinski definition) is 6. The van der Waals surface area contributed by atoms with E-state index in [4.69, 9.17) is 0 Å². The van der Waals surface area contributed by atoms with Gasteiger partial charge in [0.25, 0.3) is 0 Å². The van der Waals surface area contributed by atoms with E-state index in [1.807, 2.05) is 30.3 Å². The molecule has 9 heteroatoms. The average Bonchev–Trinajstić information content (AvgIpc) is 3.26. The van der Waals surface area contributed by atoms with Crippen LogP contribution in [-0.4, -0.2) is 43.3 Å². The zero-order chi connectivity index (χ0) is 22.7. The molecule has 0 spiro atoms. The van der Waals surface area contributed by atoms with Crippen molar-refractivity contribution in [2.24, 2.45) is 0 Å². The molecule has 2 heterocycles. The van der Waals surface area contributed by atoms with Crippen molar-refractivity contribution in [2.45, 2.75) is 50.7 Å². The Morgan fingerprint density at radius 2 is 1.88 bits per heavy atom. The summed E-state index contributed by atoms with van der Waals surface area (Å²) in [5, 5.41) is 15.4. The van der Waals surface area contributed by atoms with E-state index in [1.54, 1.807) is 29.5 Å². The molecule has 0 radical (unpaired) electrons. The number of aryl methyl sites for hydroxylation is 1. The summed E-state index contributed by atoms with van der Waals surface area (Å²) in [6, 6.07) is 15.4. The van der Waals surface area contributed by atoms with Gasteiger partial charge in [-0.2, -0.15) is 4.68 Å². The molecule has 2 aromatic carbocycles. The summed E-state index contributed by atoms with van der Waals surface area (Å²) in [5.74, 6) is -0.311. The van der Waals surface area contributed by atoms with E-state index in [2.05, 4.69) is 39.9 Å². The van der Waals surface area contributed by atoms with E-state index in [0.717, 1.165) is 24.9 Å². The van der Waals surface area contributed by atoms with Crippen LogP contribution in [0.5, 0.6) is 0 Å². The first kappa shape index (κ1) is 22.0. The van der Waals surface area contributed by atoms with Crippen molar-refractivity contribution in [3.63, 3.8) is 0 Å². The maximum atomic E-state index is 13.3. The lowest BCUT2D eigenvalue weighted by Crippen LogP contribution is -2.59. The minimum Gasteiger partial charge on any atom is -0.322 e. The van der Waals surface area contributed by atoms with Gasteiger partial charge in [-0.1, -0.05) is 49.4 Å². The molecule has 32 heavy (non-hydrogen) atoms. The van der Waals surface area contributed by atoms with Crippen molar-refractivity contribution in [2.75, 3.05) is 16.0 Å². The Kier molecular flexibility index (Phi) is 6.27. The van der Waals surface area contributed by atoms with Crippen LogP contribution in [0.15, 0.2) is 53.7 Å². The topological polar surface area (TPSA) is 93.0 Å². The lowest BCUT2D eigenvalue weighted by atomic mass is 9.96. The second-order valence-corrected chi connectivity index (χ2v) is 9.13. The third-order valence-corrected chi connectivity index (χ3v) is 6.43. The highest BCUT2D eigenvalue weighted by atomic mass is 32.2. The Balaban J connectivity index is 1.51. The van der Waals surface area contributed by atoms with Crippen LogP contribution in [-0.2, 0) is 16.0 Å². The second kappa shape index (κ2) is 9.12. The Morgan fingerprint density at radius 3 is 2.62 bits per heavy atom. The predicted octanol–water partition coefficient (Wildman–Crippen LogP) is 3.86. The first-order valence-corrected chi connectivity index (χ1v) is 11.6. The third-order valence-electron chi connectivity index (χ3n) is 5.52. The molecule has 1 aliphatic rings. The number of fused-ring (bicyclic) bond motifs is 1. The fraction of sp³-hybridized carbons (Fsp3) is 0.348. The number of nitrogens with zero attached hydrogens (tertiary/aromatic N) is 5. The number of unbranched alkanes of at least 4 members (excludes halogenated alkanes) is 1. The summed E-state index contributed by atoms with van der Waals surface area (Å²) in [6.07, 6.45) is 3.36. The normalized spacial score (nSPS) is 14.7. The van der Waals surface area contributed by atoms with E-state index in [1.165, 1.54) is 17.3 Å². The monoisotopic (exact) mass is 450 g/mol. The van der Waals surface area contributed by atoms with Crippen molar-refractivity contribution < 1.29 is 9.59 Å². The van der Waals surface area contributed by atoms with Crippen LogP contribution in [0.3, 0.4) is 0 Å². The van der Waals surface area contributed by atoms with Gasteiger partial charge in [0.2, 0.25) is 17.0 Å². The number of carbonyl (C=O) groups excluding carboxylic acids is 2. The van der Waals surface area contributed by atoms with Crippen LogP contribution >= 0.6 is 11.8 Å². The number of benzene rings is 2. The molecule has 2 amide bonds. The number of nitrogens with one attached hydrogen (secondary N) is 1. The summed E-state index contributed by atoms with van der Waals surface area (Å²) < 4.78 is 1.63. The molecular formula is C23H26N6O2S. The SMILES string of the molecule is CCCCc1ccc(-n2nnnc2SCC(=O)N2c3ccccc3NC(=O)C2(C)C)cc1. The zero-order valence-corrected chi connectivity index (χ0v) is 19.2. The first-order chi connectivity index (χ1) is 15.4. The minimum absolute atomic E-state index is 0.0972. The van der Waals surface area contributed by atoms with Gasteiger partial charge < -0.3 is 5.32 Å². The Hall–Kier alpha value is -3.20. The smallest absolute Gasteiger partial charge is 0.250 e. The van der Waals surface area contributed by atoms with E-state index in [0.29, 0.717) is 16.5 Å². The molecule has 8 nitrogen and oxygen atoms in total. The van der Waals surface area contributed by atoms with Crippen molar-refractivity contribution in [1.82, 2.24) is 20.2 Å². The molecule has 1 aromatic heterocycles. The van der Waals surface area contributed by atoms with E-state index >= 15 is 0 Å². The molecule has 0 aliphatic carbocycles. The van der Waals surface area contributed by atoms with Gasteiger partial charge in [-0.15, -0.1) is 5.10 Å².